The molecule has 2 aromatic carbocycles. The van der Waals surface area contributed by atoms with E-state index < -0.39 is 17.9 Å². The van der Waals surface area contributed by atoms with Crippen molar-refractivity contribution in [3.8, 4) is 11.5 Å². The number of nitrogens with one attached hydrogen (secondary N) is 1. The summed E-state index contributed by atoms with van der Waals surface area (Å²) >= 11 is 12.2. The Morgan fingerprint density at radius 3 is 2.67 bits per heavy atom. The van der Waals surface area contributed by atoms with Crippen LogP contribution in [-0.2, 0) is 14.4 Å². The van der Waals surface area contributed by atoms with Crippen LogP contribution in [-0.4, -0.2) is 24.7 Å². The van der Waals surface area contributed by atoms with Crippen molar-refractivity contribution in [1.29, 1.82) is 0 Å². The molecule has 5 rings (SSSR count). The predicted octanol–water partition coefficient (Wildman–Crippen LogP) is 2.91. The SMILES string of the molecule is O=C1C2=C(c3ccc(Cl)cc3Cl)NO[C@H]2C(=O)N1c1ccc2c(c1)OCO2. The lowest BCUT2D eigenvalue weighted by atomic mass is 10.0. The molecule has 2 amide bonds. The van der Waals surface area contributed by atoms with Crippen molar-refractivity contribution in [2.45, 2.75) is 6.10 Å². The highest BCUT2D eigenvalue weighted by Gasteiger charge is 2.51. The van der Waals surface area contributed by atoms with E-state index in [4.69, 9.17) is 37.5 Å². The van der Waals surface area contributed by atoms with Crippen molar-refractivity contribution in [3.63, 3.8) is 0 Å². The molecular formula is C18H10Cl2N2O5. The summed E-state index contributed by atoms with van der Waals surface area (Å²) in [6.45, 7) is 0.0979. The number of ether oxygens (including phenoxy) is 2. The number of anilines is 1. The Labute approximate surface area is 163 Å². The van der Waals surface area contributed by atoms with Gasteiger partial charge in [-0.05, 0) is 30.3 Å². The molecule has 136 valence electrons. The van der Waals surface area contributed by atoms with Crippen LogP contribution in [0, 0.1) is 0 Å². The van der Waals surface area contributed by atoms with E-state index in [0.29, 0.717) is 38.5 Å². The molecule has 0 bridgehead atoms. The number of carbonyl (C=O) groups is 2. The quantitative estimate of drug-likeness (QED) is 0.775. The van der Waals surface area contributed by atoms with E-state index in [9.17, 15) is 9.59 Å². The van der Waals surface area contributed by atoms with E-state index >= 15 is 0 Å². The Hall–Kier alpha value is -2.74. The number of imide groups is 1. The maximum Gasteiger partial charge on any atom is 0.270 e. The van der Waals surface area contributed by atoms with Crippen LogP contribution in [0.25, 0.3) is 5.70 Å². The summed E-state index contributed by atoms with van der Waals surface area (Å²) < 4.78 is 10.6. The summed E-state index contributed by atoms with van der Waals surface area (Å²) in [7, 11) is 0. The average Bonchev–Trinajstić information content (AvgIpc) is 3.32. The normalized spacial score (nSPS) is 20.4. The maximum absolute atomic E-state index is 13.0. The third kappa shape index (κ3) is 2.39. The minimum absolute atomic E-state index is 0.0979. The molecule has 2 aromatic rings. The lowest BCUT2D eigenvalue weighted by molar-refractivity contribution is -0.127. The molecule has 27 heavy (non-hydrogen) atoms. The Morgan fingerprint density at radius 2 is 1.85 bits per heavy atom. The number of halogens is 2. The molecule has 0 radical (unpaired) electrons. The monoisotopic (exact) mass is 404 g/mol. The molecule has 9 heteroatoms. The Morgan fingerprint density at radius 1 is 1.04 bits per heavy atom. The van der Waals surface area contributed by atoms with Crippen molar-refractivity contribution in [3.05, 3.63) is 57.6 Å². The minimum atomic E-state index is -1.05. The summed E-state index contributed by atoms with van der Waals surface area (Å²) in [6.07, 6.45) is -1.05. The molecule has 0 saturated carbocycles. The Balaban J connectivity index is 1.59. The number of rotatable bonds is 2. The largest absolute Gasteiger partial charge is 0.454 e. The zero-order valence-corrected chi connectivity index (χ0v) is 15.0. The van der Waals surface area contributed by atoms with Crippen molar-refractivity contribution in [2.75, 3.05) is 11.7 Å². The van der Waals surface area contributed by atoms with Crippen molar-refractivity contribution in [2.24, 2.45) is 0 Å². The van der Waals surface area contributed by atoms with Crippen LogP contribution in [0.1, 0.15) is 5.56 Å². The van der Waals surface area contributed by atoms with Crippen LogP contribution < -0.4 is 19.9 Å². The number of hydrogen-bond donors (Lipinski definition) is 1. The maximum atomic E-state index is 13.0. The molecule has 0 aromatic heterocycles. The summed E-state index contributed by atoms with van der Waals surface area (Å²) in [6, 6.07) is 9.71. The highest BCUT2D eigenvalue weighted by molar-refractivity contribution is 6.37. The van der Waals surface area contributed by atoms with Gasteiger partial charge in [0.25, 0.3) is 11.8 Å². The molecular weight excluding hydrogens is 395 g/mol. The molecule has 3 heterocycles. The fourth-order valence-electron chi connectivity index (χ4n) is 3.25. The number of fused-ring (bicyclic) bond motifs is 2. The molecule has 0 unspecified atom stereocenters. The van der Waals surface area contributed by atoms with E-state index in [1.165, 1.54) is 0 Å². The first kappa shape index (κ1) is 16.4. The van der Waals surface area contributed by atoms with Gasteiger partial charge < -0.3 is 9.47 Å². The zero-order valence-electron chi connectivity index (χ0n) is 13.5. The third-order valence-corrected chi connectivity index (χ3v) is 5.05. The van der Waals surface area contributed by atoms with Gasteiger partial charge in [0.2, 0.25) is 6.79 Å². The molecule has 0 aliphatic carbocycles. The summed E-state index contributed by atoms with van der Waals surface area (Å²) in [4.78, 5) is 32.3. The van der Waals surface area contributed by atoms with E-state index in [1.807, 2.05) is 0 Å². The molecule has 1 fully saturated rings. The molecule has 7 nitrogen and oxygen atoms in total. The van der Waals surface area contributed by atoms with Gasteiger partial charge in [0, 0.05) is 16.7 Å². The van der Waals surface area contributed by atoms with Crippen molar-refractivity contribution in [1.82, 2.24) is 5.48 Å². The van der Waals surface area contributed by atoms with Crippen molar-refractivity contribution >= 4 is 46.4 Å². The van der Waals surface area contributed by atoms with E-state index in [1.54, 1.807) is 36.4 Å². The number of carbonyl (C=O) groups excluding carboxylic acids is 2. The van der Waals surface area contributed by atoms with Crippen LogP contribution in [0.15, 0.2) is 42.0 Å². The van der Waals surface area contributed by atoms with E-state index in [0.717, 1.165) is 4.90 Å². The van der Waals surface area contributed by atoms with E-state index in [-0.39, 0.29) is 12.4 Å². The second kappa shape index (κ2) is 5.88. The fraction of sp³-hybridized carbons (Fsp3) is 0.111. The standard InChI is InChI=1S/C18H10Cl2N2O5/c19-8-1-3-10(11(20)5-8)15-14-16(27-21-15)18(24)22(17(14)23)9-2-4-12-13(6-9)26-7-25-12/h1-6,16,21H,7H2/t16-/m1/s1. The second-order valence-electron chi connectivity index (χ2n) is 6.03. The first-order valence-electron chi connectivity index (χ1n) is 7.94. The van der Waals surface area contributed by atoms with Gasteiger partial charge in [0.15, 0.2) is 17.6 Å². The predicted molar refractivity (Wildman–Crippen MR) is 96.4 cm³/mol. The van der Waals surface area contributed by atoms with Gasteiger partial charge in [-0.25, -0.2) is 4.90 Å². The van der Waals surface area contributed by atoms with Gasteiger partial charge in [-0.1, -0.05) is 23.2 Å². The van der Waals surface area contributed by atoms with Crippen LogP contribution >= 0.6 is 23.2 Å². The number of nitrogens with zero attached hydrogens (tertiary/aromatic N) is 1. The Bertz CT molecular complexity index is 1050. The second-order valence-corrected chi connectivity index (χ2v) is 6.87. The van der Waals surface area contributed by atoms with Crippen molar-refractivity contribution < 1.29 is 23.9 Å². The van der Waals surface area contributed by atoms with Gasteiger partial charge in [-0.3, -0.25) is 19.9 Å². The highest BCUT2D eigenvalue weighted by atomic mass is 35.5. The lowest BCUT2D eigenvalue weighted by Crippen LogP contribution is -2.34. The zero-order chi connectivity index (χ0) is 18.7. The summed E-state index contributed by atoms with van der Waals surface area (Å²) in [5.41, 5.74) is 4.09. The third-order valence-electron chi connectivity index (χ3n) is 4.50. The Kier molecular flexibility index (Phi) is 3.58. The van der Waals surface area contributed by atoms with Gasteiger partial charge in [-0.15, -0.1) is 0 Å². The first-order chi connectivity index (χ1) is 13.0. The van der Waals surface area contributed by atoms with Crippen LogP contribution in [0.4, 0.5) is 5.69 Å². The molecule has 3 aliphatic heterocycles. The van der Waals surface area contributed by atoms with Crippen LogP contribution in [0.3, 0.4) is 0 Å². The number of hydroxylamine groups is 1. The molecule has 1 N–H and O–H groups in total. The topological polar surface area (TPSA) is 77.1 Å². The molecule has 1 atom stereocenters. The molecule has 1 saturated heterocycles. The lowest BCUT2D eigenvalue weighted by Gasteiger charge is -2.16. The van der Waals surface area contributed by atoms with Gasteiger partial charge >= 0.3 is 0 Å². The molecule has 3 aliphatic rings. The summed E-state index contributed by atoms with van der Waals surface area (Å²) in [5, 5.41) is 0.796. The van der Waals surface area contributed by atoms with E-state index in [2.05, 4.69) is 5.48 Å². The summed E-state index contributed by atoms with van der Waals surface area (Å²) in [5.74, 6) is 0.0410. The molecule has 0 spiro atoms. The fourth-order valence-corrected chi connectivity index (χ4v) is 3.76. The smallest absolute Gasteiger partial charge is 0.270 e. The van der Waals surface area contributed by atoms with Gasteiger partial charge in [0.1, 0.15) is 0 Å². The van der Waals surface area contributed by atoms with Gasteiger partial charge in [0.05, 0.1) is 22.0 Å². The highest BCUT2D eigenvalue weighted by Crippen LogP contribution is 2.41. The minimum Gasteiger partial charge on any atom is -0.454 e. The number of benzene rings is 2. The number of hydrogen-bond acceptors (Lipinski definition) is 6. The van der Waals surface area contributed by atoms with Gasteiger partial charge in [-0.2, -0.15) is 0 Å². The average molecular weight is 405 g/mol. The van der Waals surface area contributed by atoms with Crippen LogP contribution in [0.2, 0.25) is 10.0 Å². The first-order valence-corrected chi connectivity index (χ1v) is 8.69. The number of amides is 2. The van der Waals surface area contributed by atoms with Crippen LogP contribution in [0.5, 0.6) is 11.5 Å².